The number of benzene rings is 1. The van der Waals surface area contributed by atoms with E-state index in [0.717, 1.165) is 5.56 Å². The largest absolute Gasteiger partial charge is 0.381 e. The van der Waals surface area contributed by atoms with Gasteiger partial charge in [-0.1, -0.05) is 26.0 Å². The maximum Gasteiger partial charge on any atom is 0.224 e. The topological polar surface area (TPSA) is 49.9 Å². The second-order valence-electron chi connectivity index (χ2n) is 7.00. The summed E-state index contributed by atoms with van der Waals surface area (Å²) in [7, 11) is 0. The predicted octanol–water partition coefficient (Wildman–Crippen LogP) is 2.84. The molecule has 2 rings (SSSR count). The number of carbonyl (C=O) groups is 2. The molecule has 0 saturated carbocycles. The highest BCUT2D eigenvalue weighted by Gasteiger charge is 2.33. The first-order chi connectivity index (χ1) is 12.4. The van der Waals surface area contributed by atoms with E-state index in [1.807, 2.05) is 11.8 Å². The molecule has 0 spiro atoms. The average molecular weight is 364 g/mol. The summed E-state index contributed by atoms with van der Waals surface area (Å²) < 4.78 is 18.4. The molecule has 2 amide bonds. The zero-order chi connectivity index (χ0) is 19.1. The maximum atomic E-state index is 13.1. The Hall–Kier alpha value is -1.95. The Morgan fingerprint density at radius 1 is 1.31 bits per heavy atom. The van der Waals surface area contributed by atoms with E-state index in [1.165, 1.54) is 12.1 Å². The van der Waals surface area contributed by atoms with Crippen LogP contribution in [0.5, 0.6) is 0 Å². The molecule has 0 N–H and O–H groups in total. The van der Waals surface area contributed by atoms with Crippen molar-refractivity contribution in [3.8, 4) is 0 Å². The molecule has 0 radical (unpaired) electrons. The van der Waals surface area contributed by atoms with Crippen LogP contribution < -0.4 is 0 Å². The third-order valence-corrected chi connectivity index (χ3v) is 4.78. The number of ether oxygens (including phenoxy) is 1. The fourth-order valence-corrected chi connectivity index (χ4v) is 3.23. The van der Waals surface area contributed by atoms with Crippen molar-refractivity contribution in [3.05, 3.63) is 35.6 Å². The number of rotatable bonds is 7. The second-order valence-corrected chi connectivity index (χ2v) is 7.00. The Labute approximate surface area is 155 Å². The molecule has 6 heteroatoms. The number of halogens is 1. The lowest BCUT2D eigenvalue weighted by Crippen LogP contribution is -2.47. The molecule has 1 saturated heterocycles. The minimum Gasteiger partial charge on any atom is -0.381 e. The van der Waals surface area contributed by atoms with Gasteiger partial charge in [-0.25, -0.2) is 4.39 Å². The van der Waals surface area contributed by atoms with Crippen molar-refractivity contribution in [3.63, 3.8) is 0 Å². The molecule has 1 aromatic carbocycles. The van der Waals surface area contributed by atoms with E-state index in [0.29, 0.717) is 45.7 Å². The molecule has 1 heterocycles. The summed E-state index contributed by atoms with van der Waals surface area (Å²) in [6.07, 6.45) is 0.648. The minimum absolute atomic E-state index is 0.0283. The Balaban J connectivity index is 2.11. The van der Waals surface area contributed by atoms with Gasteiger partial charge in [0, 0.05) is 32.7 Å². The molecule has 0 aromatic heterocycles. The highest BCUT2D eigenvalue weighted by Crippen LogP contribution is 2.21. The normalized spacial score (nSPS) is 18.3. The standard InChI is InChI=1S/C20H29FN2O3/c1-4-26-12-10-19(24)22-11-9-20(25)23(18(14-22)15(2)3)13-16-5-7-17(21)8-6-16/h5-8,15,18H,4,9-14H2,1-3H3/t18-/m0/s1. The van der Waals surface area contributed by atoms with Crippen LogP contribution in [0.25, 0.3) is 0 Å². The number of hydrogen-bond donors (Lipinski definition) is 0. The van der Waals surface area contributed by atoms with Gasteiger partial charge >= 0.3 is 0 Å². The van der Waals surface area contributed by atoms with E-state index in [9.17, 15) is 14.0 Å². The van der Waals surface area contributed by atoms with Crippen LogP contribution in [0.1, 0.15) is 39.2 Å². The minimum atomic E-state index is -0.289. The van der Waals surface area contributed by atoms with E-state index in [2.05, 4.69) is 13.8 Å². The van der Waals surface area contributed by atoms with Crippen LogP contribution in [0, 0.1) is 11.7 Å². The summed E-state index contributed by atoms with van der Waals surface area (Å²) in [6, 6.07) is 6.16. The van der Waals surface area contributed by atoms with Crippen molar-refractivity contribution in [2.75, 3.05) is 26.3 Å². The molecule has 1 aromatic rings. The second kappa shape index (κ2) is 9.67. The molecule has 1 aliphatic heterocycles. The molecule has 26 heavy (non-hydrogen) atoms. The fourth-order valence-electron chi connectivity index (χ4n) is 3.23. The first kappa shape index (κ1) is 20.4. The molecule has 0 bridgehead atoms. The molecule has 144 valence electrons. The number of hydrogen-bond acceptors (Lipinski definition) is 3. The van der Waals surface area contributed by atoms with Gasteiger partial charge in [0.05, 0.1) is 19.1 Å². The van der Waals surface area contributed by atoms with Gasteiger partial charge in [0.2, 0.25) is 11.8 Å². The predicted molar refractivity (Wildman–Crippen MR) is 97.9 cm³/mol. The van der Waals surface area contributed by atoms with Crippen molar-refractivity contribution in [1.82, 2.24) is 9.80 Å². The van der Waals surface area contributed by atoms with E-state index >= 15 is 0 Å². The van der Waals surface area contributed by atoms with Gasteiger partial charge in [-0.2, -0.15) is 0 Å². The average Bonchev–Trinajstić information content (AvgIpc) is 2.77. The fraction of sp³-hybridized carbons (Fsp3) is 0.600. The lowest BCUT2D eigenvalue weighted by Gasteiger charge is -2.34. The maximum absolute atomic E-state index is 13.1. The molecule has 0 unspecified atom stereocenters. The number of nitrogens with zero attached hydrogens (tertiary/aromatic N) is 2. The van der Waals surface area contributed by atoms with E-state index < -0.39 is 0 Å². The van der Waals surface area contributed by atoms with Crippen LogP contribution in [0.2, 0.25) is 0 Å². The molecular formula is C20H29FN2O3. The van der Waals surface area contributed by atoms with Gasteiger partial charge in [-0.05, 0) is 30.5 Å². The summed E-state index contributed by atoms with van der Waals surface area (Å²) in [5.74, 6) is -0.0178. The molecule has 1 atom stereocenters. The zero-order valence-corrected chi connectivity index (χ0v) is 15.9. The lowest BCUT2D eigenvalue weighted by molar-refractivity contribution is -0.134. The highest BCUT2D eigenvalue weighted by atomic mass is 19.1. The molecule has 5 nitrogen and oxygen atoms in total. The van der Waals surface area contributed by atoms with Crippen LogP contribution in [-0.4, -0.2) is 54.0 Å². The van der Waals surface area contributed by atoms with Crippen molar-refractivity contribution in [2.45, 2.75) is 46.2 Å². The smallest absolute Gasteiger partial charge is 0.224 e. The monoisotopic (exact) mass is 364 g/mol. The van der Waals surface area contributed by atoms with Gasteiger partial charge in [-0.3, -0.25) is 9.59 Å². The van der Waals surface area contributed by atoms with Crippen LogP contribution in [-0.2, 0) is 20.9 Å². The highest BCUT2D eigenvalue weighted by molar-refractivity contribution is 5.80. The number of amides is 2. The third-order valence-electron chi connectivity index (χ3n) is 4.78. The van der Waals surface area contributed by atoms with Gasteiger partial charge in [-0.15, -0.1) is 0 Å². The summed E-state index contributed by atoms with van der Waals surface area (Å²) >= 11 is 0. The van der Waals surface area contributed by atoms with E-state index in [1.54, 1.807) is 17.0 Å². The first-order valence-electron chi connectivity index (χ1n) is 9.31. The zero-order valence-electron chi connectivity index (χ0n) is 15.9. The Kier molecular flexibility index (Phi) is 7.57. The Morgan fingerprint density at radius 2 is 2.00 bits per heavy atom. The lowest BCUT2D eigenvalue weighted by atomic mass is 10.0. The van der Waals surface area contributed by atoms with Crippen molar-refractivity contribution in [1.29, 1.82) is 0 Å². The molecule has 1 fully saturated rings. The van der Waals surface area contributed by atoms with Gasteiger partial charge in [0.1, 0.15) is 5.82 Å². The van der Waals surface area contributed by atoms with Crippen molar-refractivity contribution in [2.24, 2.45) is 5.92 Å². The Morgan fingerprint density at radius 3 is 2.62 bits per heavy atom. The quantitative estimate of drug-likeness (QED) is 0.699. The third kappa shape index (κ3) is 5.53. The Bertz CT molecular complexity index is 604. The summed E-state index contributed by atoms with van der Waals surface area (Å²) in [6.45, 7) is 8.41. The first-order valence-corrected chi connectivity index (χ1v) is 9.31. The summed E-state index contributed by atoms with van der Waals surface area (Å²) in [5.41, 5.74) is 0.890. The number of carbonyl (C=O) groups excluding carboxylic acids is 2. The van der Waals surface area contributed by atoms with Crippen LogP contribution >= 0.6 is 0 Å². The van der Waals surface area contributed by atoms with Crippen molar-refractivity contribution >= 4 is 11.8 Å². The van der Waals surface area contributed by atoms with Crippen LogP contribution in [0.4, 0.5) is 4.39 Å². The summed E-state index contributed by atoms with van der Waals surface area (Å²) in [4.78, 5) is 28.8. The molecule has 0 aliphatic carbocycles. The van der Waals surface area contributed by atoms with E-state index in [-0.39, 0.29) is 29.6 Å². The molecular weight excluding hydrogens is 335 g/mol. The molecule has 1 aliphatic rings. The van der Waals surface area contributed by atoms with Crippen LogP contribution in [0.3, 0.4) is 0 Å². The van der Waals surface area contributed by atoms with Crippen LogP contribution in [0.15, 0.2) is 24.3 Å². The SMILES string of the molecule is CCOCCC(=O)N1CCC(=O)N(Cc2ccc(F)cc2)[C@H](C(C)C)C1. The van der Waals surface area contributed by atoms with Gasteiger partial charge in [0.15, 0.2) is 0 Å². The van der Waals surface area contributed by atoms with Gasteiger partial charge < -0.3 is 14.5 Å². The van der Waals surface area contributed by atoms with E-state index in [4.69, 9.17) is 4.74 Å². The van der Waals surface area contributed by atoms with Gasteiger partial charge in [0.25, 0.3) is 0 Å². The van der Waals surface area contributed by atoms with Crippen molar-refractivity contribution < 1.29 is 18.7 Å². The summed E-state index contributed by atoms with van der Waals surface area (Å²) in [5, 5.41) is 0.